The van der Waals surface area contributed by atoms with Crippen molar-refractivity contribution in [2.24, 2.45) is 23.7 Å². The molecule has 0 saturated heterocycles. The maximum atomic E-state index is 12.6. The van der Waals surface area contributed by atoms with E-state index < -0.39 is 30.2 Å². The van der Waals surface area contributed by atoms with E-state index >= 15 is 0 Å². The molecule has 1 saturated carbocycles. The molecule has 0 aromatic rings. The second-order valence-corrected chi connectivity index (χ2v) is 7.39. The van der Waals surface area contributed by atoms with Crippen molar-refractivity contribution in [3.63, 3.8) is 0 Å². The van der Waals surface area contributed by atoms with E-state index in [0.29, 0.717) is 17.5 Å². The minimum Gasteiger partial charge on any atom is -0.550 e. The topological polar surface area (TPSA) is 95.5 Å². The van der Waals surface area contributed by atoms with Gasteiger partial charge in [-0.05, 0) is 43.9 Å². The van der Waals surface area contributed by atoms with Crippen LogP contribution in [0.5, 0.6) is 0 Å². The predicted molar refractivity (Wildman–Crippen MR) is 85.2 cm³/mol. The number of carbonyl (C=O) groups is 3. The summed E-state index contributed by atoms with van der Waals surface area (Å²) in [6.07, 6.45) is 2.23. The molecule has 4 atom stereocenters. The van der Waals surface area contributed by atoms with Gasteiger partial charge in [0.15, 0.2) is 0 Å². The van der Waals surface area contributed by atoms with Crippen LogP contribution in [0, 0.1) is 23.7 Å². The van der Waals surface area contributed by atoms with Gasteiger partial charge in [-0.25, -0.2) is 4.79 Å². The van der Waals surface area contributed by atoms with E-state index in [-0.39, 0.29) is 17.6 Å². The minimum absolute atomic E-state index is 0.128. The Bertz CT molecular complexity index is 566. The molecule has 1 amide bonds. The number of carboxylic acid groups (broad SMARTS) is 1. The monoisotopic (exact) mass is 336 g/mol. The fourth-order valence-electron chi connectivity index (χ4n) is 3.67. The van der Waals surface area contributed by atoms with Crippen LogP contribution in [0.1, 0.15) is 53.4 Å². The highest BCUT2D eigenvalue weighted by atomic mass is 16.5. The lowest BCUT2D eigenvalue weighted by atomic mass is 9.76. The standard InChI is InChI=1S/C18H27NO5/c1-9(2)12-6-5-10(3)14(7-12)24-18(23)16-11(4)19-17(22)13(16)8-15(20)21/h9-10,12-14H,5-8H2,1-4H3,(H,19,22)(H,20,21)/p-1/t10-,12+,13-,14+/m1/s1. The third-order valence-corrected chi connectivity index (χ3v) is 5.33. The van der Waals surface area contributed by atoms with Crippen LogP contribution in [0.3, 0.4) is 0 Å². The van der Waals surface area contributed by atoms with Gasteiger partial charge in [0.05, 0.1) is 11.5 Å². The lowest BCUT2D eigenvalue weighted by Crippen LogP contribution is -2.36. The Labute approximate surface area is 142 Å². The first kappa shape index (κ1) is 18.5. The van der Waals surface area contributed by atoms with E-state index in [1.54, 1.807) is 6.92 Å². The number of carbonyl (C=O) groups excluding carboxylic acids is 3. The number of hydrogen-bond acceptors (Lipinski definition) is 5. The molecule has 0 aromatic heterocycles. The van der Waals surface area contributed by atoms with Gasteiger partial charge in [-0.3, -0.25) is 4.79 Å². The van der Waals surface area contributed by atoms with E-state index in [2.05, 4.69) is 26.1 Å². The quantitative estimate of drug-likeness (QED) is 0.760. The molecule has 2 rings (SSSR count). The summed E-state index contributed by atoms with van der Waals surface area (Å²) < 4.78 is 5.70. The van der Waals surface area contributed by atoms with Gasteiger partial charge < -0.3 is 20.0 Å². The molecule has 0 unspecified atom stereocenters. The summed E-state index contributed by atoms with van der Waals surface area (Å²) in [7, 11) is 0. The van der Waals surface area contributed by atoms with Crippen molar-refractivity contribution in [3.8, 4) is 0 Å². The molecular weight excluding hydrogens is 310 g/mol. The van der Waals surface area contributed by atoms with Crippen LogP contribution in [-0.4, -0.2) is 23.9 Å². The van der Waals surface area contributed by atoms with Crippen LogP contribution in [0.25, 0.3) is 0 Å². The van der Waals surface area contributed by atoms with E-state index in [0.717, 1.165) is 19.3 Å². The fourth-order valence-corrected chi connectivity index (χ4v) is 3.67. The van der Waals surface area contributed by atoms with Crippen LogP contribution in [0.2, 0.25) is 0 Å². The molecule has 1 N–H and O–H groups in total. The minimum atomic E-state index is -1.36. The SMILES string of the molecule is CC1=C(C(=O)O[C@H]2C[C@@H](C(C)C)CC[C@H]2C)[C@@H](CC(=O)[O-])C(=O)N1. The molecule has 24 heavy (non-hydrogen) atoms. The summed E-state index contributed by atoms with van der Waals surface area (Å²) in [5.41, 5.74) is 0.503. The molecule has 0 bridgehead atoms. The molecule has 134 valence electrons. The Kier molecular flexibility index (Phi) is 5.67. The van der Waals surface area contributed by atoms with E-state index in [9.17, 15) is 19.5 Å². The average Bonchev–Trinajstić information content (AvgIpc) is 2.74. The number of ether oxygens (including phenoxy) is 1. The van der Waals surface area contributed by atoms with Gasteiger partial charge in [-0.1, -0.05) is 20.8 Å². The Morgan fingerprint density at radius 1 is 1.33 bits per heavy atom. The van der Waals surface area contributed by atoms with E-state index in [1.807, 2.05) is 0 Å². The zero-order valence-electron chi connectivity index (χ0n) is 14.8. The zero-order valence-corrected chi connectivity index (χ0v) is 14.8. The summed E-state index contributed by atoms with van der Waals surface area (Å²) in [5.74, 6) is -2.16. The highest BCUT2D eigenvalue weighted by molar-refractivity contribution is 6.03. The second kappa shape index (κ2) is 7.36. The fraction of sp³-hybridized carbons (Fsp3) is 0.722. The summed E-state index contributed by atoms with van der Waals surface area (Å²) in [6, 6.07) is 0. The Hall–Kier alpha value is -1.85. The van der Waals surface area contributed by atoms with Gasteiger partial charge in [-0.15, -0.1) is 0 Å². The number of amides is 1. The van der Waals surface area contributed by atoms with Crippen molar-refractivity contribution in [2.75, 3.05) is 0 Å². The third kappa shape index (κ3) is 3.97. The third-order valence-electron chi connectivity index (χ3n) is 5.33. The van der Waals surface area contributed by atoms with Crippen LogP contribution in [-0.2, 0) is 19.1 Å². The predicted octanol–water partition coefficient (Wildman–Crippen LogP) is 1.15. The largest absolute Gasteiger partial charge is 0.550 e. The maximum Gasteiger partial charge on any atom is 0.336 e. The normalized spacial score (nSPS) is 30.5. The van der Waals surface area contributed by atoms with Gasteiger partial charge in [0, 0.05) is 18.1 Å². The molecule has 2 aliphatic rings. The van der Waals surface area contributed by atoms with Gasteiger partial charge in [0.2, 0.25) is 5.91 Å². The van der Waals surface area contributed by atoms with Crippen molar-refractivity contribution >= 4 is 17.8 Å². The summed E-state index contributed by atoms with van der Waals surface area (Å²) in [5, 5.41) is 13.4. The smallest absolute Gasteiger partial charge is 0.336 e. The summed E-state index contributed by atoms with van der Waals surface area (Å²) in [4.78, 5) is 35.3. The van der Waals surface area contributed by atoms with Gasteiger partial charge in [0.1, 0.15) is 6.10 Å². The lowest BCUT2D eigenvalue weighted by molar-refractivity contribution is -0.306. The van der Waals surface area contributed by atoms with Crippen LogP contribution >= 0.6 is 0 Å². The first-order chi connectivity index (χ1) is 11.2. The number of hydrogen-bond donors (Lipinski definition) is 1. The number of rotatable bonds is 5. The van der Waals surface area contributed by atoms with E-state index in [4.69, 9.17) is 4.74 Å². The number of allylic oxidation sites excluding steroid dienone is 1. The van der Waals surface area contributed by atoms with Crippen molar-refractivity contribution in [3.05, 3.63) is 11.3 Å². The van der Waals surface area contributed by atoms with Gasteiger partial charge in [-0.2, -0.15) is 0 Å². The van der Waals surface area contributed by atoms with Crippen LogP contribution in [0.15, 0.2) is 11.3 Å². The lowest BCUT2D eigenvalue weighted by Gasteiger charge is -2.36. The number of aliphatic carboxylic acids is 1. The second-order valence-electron chi connectivity index (χ2n) is 7.39. The van der Waals surface area contributed by atoms with Gasteiger partial charge in [0.25, 0.3) is 0 Å². The first-order valence-corrected chi connectivity index (χ1v) is 8.63. The average molecular weight is 336 g/mol. The molecular formula is C18H26NO5-. The van der Waals surface area contributed by atoms with Crippen molar-refractivity contribution in [2.45, 2.75) is 59.5 Å². The van der Waals surface area contributed by atoms with Crippen LogP contribution < -0.4 is 10.4 Å². The molecule has 0 radical (unpaired) electrons. The summed E-state index contributed by atoms with van der Waals surface area (Å²) >= 11 is 0. The molecule has 0 spiro atoms. The van der Waals surface area contributed by atoms with Crippen LogP contribution in [0.4, 0.5) is 0 Å². The highest BCUT2D eigenvalue weighted by Gasteiger charge is 2.39. The van der Waals surface area contributed by atoms with E-state index in [1.165, 1.54) is 0 Å². The Morgan fingerprint density at radius 3 is 2.58 bits per heavy atom. The Balaban J connectivity index is 2.11. The molecule has 0 aromatic carbocycles. The molecule has 6 heteroatoms. The highest BCUT2D eigenvalue weighted by Crippen LogP contribution is 2.36. The number of nitrogens with one attached hydrogen (secondary N) is 1. The molecule has 1 aliphatic carbocycles. The zero-order chi connectivity index (χ0) is 18.0. The Morgan fingerprint density at radius 2 is 2.00 bits per heavy atom. The first-order valence-electron chi connectivity index (χ1n) is 8.63. The van der Waals surface area contributed by atoms with Crippen molar-refractivity contribution < 1.29 is 24.2 Å². The molecule has 1 aliphatic heterocycles. The van der Waals surface area contributed by atoms with Crippen molar-refractivity contribution in [1.29, 1.82) is 0 Å². The van der Waals surface area contributed by atoms with Crippen molar-refractivity contribution in [1.82, 2.24) is 5.32 Å². The molecule has 6 nitrogen and oxygen atoms in total. The summed E-state index contributed by atoms with van der Waals surface area (Å²) in [6.45, 7) is 7.99. The molecule has 1 fully saturated rings. The number of esters is 1. The van der Waals surface area contributed by atoms with Gasteiger partial charge >= 0.3 is 5.97 Å². The molecule has 1 heterocycles. The number of carboxylic acids is 1. The maximum absolute atomic E-state index is 12.6.